The maximum atomic E-state index is 9.44. The fourth-order valence-electron chi connectivity index (χ4n) is 0.0430. The van der Waals surface area contributed by atoms with Crippen molar-refractivity contribution in [1.29, 1.82) is 0 Å². The normalized spacial score (nSPS) is 9.08. The second-order valence-corrected chi connectivity index (χ2v) is 2.48. The molecule has 0 aliphatic carbocycles. The van der Waals surface area contributed by atoms with E-state index in [0.717, 1.165) is 0 Å². The Morgan fingerprint density at radius 1 is 1.42 bits per heavy atom. The Morgan fingerprint density at radius 2 is 1.75 bits per heavy atom. The molecule has 0 unspecified atom stereocenters. The predicted molar refractivity (Wildman–Crippen MR) is 40.4 cm³/mol. The third-order valence-corrected chi connectivity index (χ3v) is 0.798. The fourth-order valence-corrected chi connectivity index (χ4v) is 0.0430. The third-order valence-electron chi connectivity index (χ3n) is 0.377. The number of nitrogens with zero attached hydrogens (tertiary/aromatic N) is 1. The predicted octanol–water partition coefficient (Wildman–Crippen LogP) is -3.46. The Hall–Kier alpha value is -0.140. The fraction of sp³-hybridized carbons (Fsp3) is 0. The Bertz CT molecular complexity index is 222. The Kier molecular flexibility index (Phi) is 16.1. The van der Waals surface area contributed by atoms with Crippen LogP contribution in [-0.2, 0) is 10.1 Å². The molecule has 1 N–H and O–H groups in total. The van der Waals surface area contributed by atoms with Crippen LogP contribution in [0.3, 0.4) is 0 Å². The molecular weight excluding hydrogens is 193 g/mol. The Morgan fingerprint density at radius 3 is 1.75 bits per heavy atom. The third kappa shape index (κ3) is 32.8. The van der Waals surface area contributed by atoms with Gasteiger partial charge in [-0.3, -0.25) is 9.55 Å². The van der Waals surface area contributed by atoms with Gasteiger partial charge in [0.2, 0.25) is 0 Å². The van der Waals surface area contributed by atoms with Gasteiger partial charge in [-0.25, -0.2) is 0 Å². The summed E-state index contributed by atoms with van der Waals surface area (Å²) in [5, 5.41) is 9.63. The first-order valence-corrected chi connectivity index (χ1v) is 3.82. The van der Waals surface area contributed by atoms with Gasteiger partial charge in [0.15, 0.2) is 0 Å². The first-order valence-electron chi connectivity index (χ1n) is 2.32. The molecule has 0 aromatic rings. The number of rotatable bonds is 2. The summed E-state index contributed by atoms with van der Waals surface area (Å²) in [5.41, 5.74) is 0. The molecule has 0 aliphatic rings. The molecule has 0 aliphatic heterocycles. The van der Waals surface area contributed by atoms with Gasteiger partial charge in [-0.05, 0) is 0 Å². The second kappa shape index (κ2) is 10.9. The van der Waals surface area contributed by atoms with E-state index in [1.54, 1.807) is 0 Å². The first kappa shape index (κ1) is 17.8. The van der Waals surface area contributed by atoms with Crippen LogP contribution < -0.4 is 34.7 Å². The van der Waals surface area contributed by atoms with Crippen molar-refractivity contribution in [3.05, 3.63) is 24.8 Å². The molecule has 0 heterocycles. The number of hydrogen-bond acceptors (Lipinski definition) is 4. The molecule has 0 amide bonds. The topological polar surface area (TPSA) is 89.8 Å². The number of hydrogen-bond donors (Lipinski definition) is 1. The monoisotopic (exact) mass is 201 g/mol. The second-order valence-electron chi connectivity index (χ2n) is 1.12. The van der Waals surface area contributed by atoms with Gasteiger partial charge < -0.3 is 5.11 Å². The summed E-state index contributed by atoms with van der Waals surface area (Å²) in [4.78, 5) is 3.06. The van der Waals surface area contributed by atoms with E-state index < -0.39 is 10.1 Å². The van der Waals surface area contributed by atoms with Gasteiger partial charge in [0.25, 0.3) is 10.1 Å². The van der Waals surface area contributed by atoms with Crippen molar-refractivity contribution in [2.45, 2.75) is 0 Å². The van der Waals surface area contributed by atoms with Gasteiger partial charge in [-0.1, -0.05) is 19.6 Å². The molecule has 0 atom stereocenters. The van der Waals surface area contributed by atoms with Crippen molar-refractivity contribution >= 4 is 16.5 Å². The van der Waals surface area contributed by atoms with Gasteiger partial charge in [-0.2, -0.15) is 8.42 Å². The molecule has 0 saturated heterocycles. The summed E-state index contributed by atoms with van der Waals surface area (Å²) in [6, 6.07) is 0. The van der Waals surface area contributed by atoms with Gasteiger partial charge >= 0.3 is 29.6 Å². The van der Waals surface area contributed by atoms with Gasteiger partial charge in [0.05, 0.1) is 5.41 Å². The molecule has 0 spiro atoms. The molecule has 7 heteroatoms. The van der Waals surface area contributed by atoms with Gasteiger partial charge in [-0.15, -0.1) is 0 Å². The molecule has 0 bridgehead atoms. The standard InChI is InChI=1S/C3H5NO.C2H4O3S.Na/c1-2-4-3-5;1-2-6(3,4)5;/h2-3H,1H2,(H,4,5);2H,1H2,(H,3,4,5);/q;;+1/p-1. The van der Waals surface area contributed by atoms with Crippen molar-refractivity contribution in [3.63, 3.8) is 0 Å². The summed E-state index contributed by atoms with van der Waals surface area (Å²) in [6.07, 6.45) is 1.62. The van der Waals surface area contributed by atoms with Crippen molar-refractivity contribution in [2.75, 3.05) is 0 Å². The van der Waals surface area contributed by atoms with Crippen molar-refractivity contribution < 1.29 is 47.6 Å². The molecule has 0 aromatic carbocycles. The summed E-state index contributed by atoms with van der Waals surface area (Å²) < 4.78 is 26.6. The van der Waals surface area contributed by atoms with E-state index in [9.17, 15) is 8.42 Å². The van der Waals surface area contributed by atoms with Crippen molar-refractivity contribution in [3.8, 4) is 0 Å². The van der Waals surface area contributed by atoms with Crippen LogP contribution in [0.15, 0.2) is 29.8 Å². The first-order chi connectivity index (χ1) is 4.97. The van der Waals surface area contributed by atoms with Crippen LogP contribution in [0.25, 0.3) is 0 Å². The van der Waals surface area contributed by atoms with E-state index >= 15 is 0 Å². The maximum absolute atomic E-state index is 9.44. The van der Waals surface area contributed by atoms with Gasteiger partial charge in [0, 0.05) is 6.20 Å². The summed E-state index contributed by atoms with van der Waals surface area (Å²) in [6.45, 7) is 5.95. The minimum Gasteiger partial charge on any atom is -0.864 e. The van der Waals surface area contributed by atoms with Gasteiger partial charge in [0.1, 0.15) is 0 Å². The Labute approximate surface area is 93.6 Å². The van der Waals surface area contributed by atoms with Crippen molar-refractivity contribution in [2.24, 2.45) is 4.99 Å². The minimum absolute atomic E-state index is 0. The van der Waals surface area contributed by atoms with Crippen LogP contribution in [-0.4, -0.2) is 19.4 Å². The van der Waals surface area contributed by atoms with E-state index in [4.69, 9.17) is 9.66 Å². The smallest absolute Gasteiger partial charge is 0.864 e. The zero-order chi connectivity index (χ0) is 9.33. The molecule has 0 radical (unpaired) electrons. The van der Waals surface area contributed by atoms with Crippen LogP contribution >= 0.6 is 0 Å². The minimum atomic E-state index is -3.90. The molecule has 0 saturated carbocycles. The molecule has 0 fully saturated rings. The van der Waals surface area contributed by atoms with Crippen LogP contribution in [0.5, 0.6) is 0 Å². The van der Waals surface area contributed by atoms with Crippen LogP contribution in [0.4, 0.5) is 0 Å². The van der Waals surface area contributed by atoms with Crippen molar-refractivity contribution in [1.82, 2.24) is 0 Å². The molecular formula is C5H8NNaO4S. The SMILES string of the molecule is C=CN=C[O-].C=CS(=O)(=O)O.[Na+]. The number of aliphatic imine (C=N–C) groups is 1. The summed E-state index contributed by atoms with van der Waals surface area (Å²) in [5.74, 6) is 0. The maximum Gasteiger partial charge on any atom is 1.00 e. The Balaban J connectivity index is -0.000000126. The average Bonchev–Trinajstić information content (AvgIpc) is 1.90. The summed E-state index contributed by atoms with van der Waals surface area (Å²) in [7, 11) is -3.90. The van der Waals surface area contributed by atoms with E-state index in [2.05, 4.69) is 18.2 Å². The quantitative estimate of drug-likeness (QED) is 0.217. The zero-order valence-electron chi connectivity index (χ0n) is 6.67. The average molecular weight is 201 g/mol. The van der Waals surface area contributed by atoms with Crippen LogP contribution in [0.2, 0.25) is 0 Å². The summed E-state index contributed by atoms with van der Waals surface area (Å²) >= 11 is 0. The van der Waals surface area contributed by atoms with Crippen LogP contribution in [0.1, 0.15) is 0 Å². The largest absolute Gasteiger partial charge is 1.00 e. The van der Waals surface area contributed by atoms with E-state index in [0.29, 0.717) is 11.8 Å². The van der Waals surface area contributed by atoms with E-state index in [1.807, 2.05) is 0 Å². The van der Waals surface area contributed by atoms with Crippen LogP contribution in [0, 0.1) is 0 Å². The van der Waals surface area contributed by atoms with E-state index in [1.165, 1.54) is 6.20 Å². The molecule has 64 valence electrons. The molecule has 0 aromatic heterocycles. The van der Waals surface area contributed by atoms with E-state index in [-0.39, 0.29) is 29.6 Å². The zero-order valence-corrected chi connectivity index (χ0v) is 9.49. The molecule has 12 heavy (non-hydrogen) atoms. The molecule has 0 rings (SSSR count). The molecule has 5 nitrogen and oxygen atoms in total.